The number of fused-ring (bicyclic) bond motifs is 2. The highest BCUT2D eigenvalue weighted by Crippen LogP contribution is 2.30. The van der Waals surface area contributed by atoms with Gasteiger partial charge >= 0.3 is 5.97 Å². The Bertz CT molecular complexity index is 728. The Balaban J connectivity index is 2.24. The molecule has 1 N–H and O–H groups in total. The van der Waals surface area contributed by atoms with Gasteiger partial charge in [-0.05, 0) is 54.7 Å². The first-order chi connectivity index (χ1) is 13.7. The number of carbonyl (C=O) groups is 2. The molecule has 1 aliphatic rings. The van der Waals surface area contributed by atoms with Gasteiger partial charge in [-0.15, -0.1) is 0 Å². The Morgan fingerprint density at radius 1 is 1.28 bits per heavy atom. The van der Waals surface area contributed by atoms with E-state index in [9.17, 15) is 14.7 Å². The highest BCUT2D eigenvalue weighted by molar-refractivity contribution is 5.80. The number of rotatable bonds is 4. The second-order valence-corrected chi connectivity index (χ2v) is 8.92. The van der Waals surface area contributed by atoms with Crippen LogP contribution in [-0.2, 0) is 26.2 Å². The van der Waals surface area contributed by atoms with Crippen molar-refractivity contribution >= 4 is 11.8 Å². The van der Waals surface area contributed by atoms with Crippen LogP contribution >= 0.6 is 0 Å². The topological polar surface area (TPSA) is 63.6 Å². The number of aliphatic hydroxyl groups excluding tert-OH is 1. The van der Waals surface area contributed by atoms with E-state index in [0.29, 0.717) is 12.8 Å². The third-order valence-corrected chi connectivity index (χ3v) is 6.04. The standard InChI is InChI=1S/C25H36O4/c1-5-19(17-26)14-18(2)23-16-22(27)12-13-25(3,4)21-10-6-8-20(15-21)9-7-11-24(28)29-23/h6,8,10,14-15,19,23,26H,5,7,9,11-13,16-17H2,1-4H3/b18-14-/t19?,23-/m0/s1. The number of benzene rings is 1. The Morgan fingerprint density at radius 3 is 2.72 bits per heavy atom. The summed E-state index contributed by atoms with van der Waals surface area (Å²) in [6.45, 7) is 8.31. The molecule has 0 saturated heterocycles. The predicted octanol–water partition coefficient (Wildman–Crippen LogP) is 4.92. The van der Waals surface area contributed by atoms with Crippen molar-refractivity contribution in [1.29, 1.82) is 0 Å². The lowest BCUT2D eigenvalue weighted by Crippen LogP contribution is -2.25. The Labute approximate surface area is 175 Å². The van der Waals surface area contributed by atoms with Gasteiger partial charge in [-0.1, -0.05) is 51.1 Å². The monoisotopic (exact) mass is 400 g/mol. The molecule has 0 radical (unpaired) electrons. The van der Waals surface area contributed by atoms with Crippen LogP contribution in [0.15, 0.2) is 35.9 Å². The average molecular weight is 401 g/mol. The summed E-state index contributed by atoms with van der Waals surface area (Å²) in [7, 11) is 0. The molecule has 2 atom stereocenters. The Morgan fingerprint density at radius 2 is 2.03 bits per heavy atom. The normalized spacial score (nSPS) is 22.5. The van der Waals surface area contributed by atoms with E-state index in [1.54, 1.807) is 0 Å². The van der Waals surface area contributed by atoms with Crippen molar-refractivity contribution in [2.45, 2.75) is 84.2 Å². The van der Waals surface area contributed by atoms with Gasteiger partial charge in [-0.3, -0.25) is 9.59 Å². The van der Waals surface area contributed by atoms with Crippen LogP contribution in [0, 0.1) is 5.92 Å². The molecule has 1 aromatic rings. The summed E-state index contributed by atoms with van der Waals surface area (Å²) in [6, 6.07) is 8.49. The van der Waals surface area contributed by atoms with Gasteiger partial charge in [-0.2, -0.15) is 0 Å². The summed E-state index contributed by atoms with van der Waals surface area (Å²) in [5.41, 5.74) is 3.22. The molecule has 2 bridgehead atoms. The molecule has 4 heteroatoms. The van der Waals surface area contributed by atoms with Gasteiger partial charge in [0, 0.05) is 31.8 Å². The van der Waals surface area contributed by atoms with Gasteiger partial charge in [0.2, 0.25) is 0 Å². The molecule has 0 fully saturated rings. The zero-order valence-electron chi connectivity index (χ0n) is 18.4. The summed E-state index contributed by atoms with van der Waals surface area (Å²) in [5.74, 6) is -0.143. The van der Waals surface area contributed by atoms with Gasteiger partial charge in [0.15, 0.2) is 0 Å². The summed E-state index contributed by atoms with van der Waals surface area (Å²) in [4.78, 5) is 25.2. The van der Waals surface area contributed by atoms with Gasteiger partial charge in [0.05, 0.1) is 0 Å². The first-order valence-electron chi connectivity index (χ1n) is 10.8. The van der Waals surface area contributed by atoms with Crippen LogP contribution in [0.4, 0.5) is 0 Å². The summed E-state index contributed by atoms with van der Waals surface area (Å²) in [6.07, 6.45) is 5.51. The maximum Gasteiger partial charge on any atom is 0.306 e. The van der Waals surface area contributed by atoms with Crippen molar-refractivity contribution in [3.8, 4) is 0 Å². The summed E-state index contributed by atoms with van der Waals surface area (Å²) >= 11 is 0. The van der Waals surface area contributed by atoms with Crippen molar-refractivity contribution in [1.82, 2.24) is 0 Å². The second-order valence-electron chi connectivity index (χ2n) is 8.92. The lowest BCUT2D eigenvalue weighted by molar-refractivity contribution is -0.148. The first-order valence-corrected chi connectivity index (χ1v) is 10.8. The first kappa shape index (κ1) is 23.3. The highest BCUT2D eigenvalue weighted by atomic mass is 16.5. The van der Waals surface area contributed by atoms with Crippen LogP contribution in [0.5, 0.6) is 0 Å². The fraction of sp³-hybridized carbons (Fsp3) is 0.600. The molecular weight excluding hydrogens is 364 g/mol. The number of Topliss-reactive ketones (excluding diaryl/α,β-unsaturated/α-hetero) is 1. The fourth-order valence-electron chi connectivity index (χ4n) is 3.78. The van der Waals surface area contributed by atoms with Crippen LogP contribution in [0.25, 0.3) is 0 Å². The molecule has 29 heavy (non-hydrogen) atoms. The summed E-state index contributed by atoms with van der Waals surface area (Å²) < 4.78 is 5.71. The number of cyclic esters (lactones) is 1. The second kappa shape index (κ2) is 10.7. The van der Waals surface area contributed by atoms with Gasteiger partial charge in [0.1, 0.15) is 11.9 Å². The zero-order valence-corrected chi connectivity index (χ0v) is 18.4. The predicted molar refractivity (Wildman–Crippen MR) is 116 cm³/mol. The molecule has 1 aromatic carbocycles. The van der Waals surface area contributed by atoms with Crippen LogP contribution in [0.3, 0.4) is 0 Å². The maximum atomic E-state index is 12.7. The quantitative estimate of drug-likeness (QED) is 0.576. The van der Waals surface area contributed by atoms with E-state index in [-0.39, 0.29) is 36.1 Å². The molecule has 0 spiro atoms. The maximum absolute atomic E-state index is 12.7. The Kier molecular flexibility index (Phi) is 8.63. The molecule has 1 heterocycles. The number of aliphatic hydroxyl groups is 1. The van der Waals surface area contributed by atoms with E-state index < -0.39 is 6.10 Å². The smallest absolute Gasteiger partial charge is 0.306 e. The van der Waals surface area contributed by atoms with Crippen molar-refractivity contribution in [2.24, 2.45) is 5.92 Å². The molecule has 160 valence electrons. The molecule has 0 aliphatic carbocycles. The zero-order chi connectivity index (χ0) is 21.4. The fourth-order valence-corrected chi connectivity index (χ4v) is 3.78. The molecular formula is C25H36O4. The van der Waals surface area contributed by atoms with E-state index in [1.165, 1.54) is 11.1 Å². The average Bonchev–Trinajstić information content (AvgIpc) is 2.69. The van der Waals surface area contributed by atoms with E-state index in [4.69, 9.17) is 4.74 Å². The molecule has 4 nitrogen and oxygen atoms in total. The van der Waals surface area contributed by atoms with Crippen molar-refractivity contribution < 1.29 is 19.4 Å². The van der Waals surface area contributed by atoms with Gasteiger partial charge < -0.3 is 9.84 Å². The molecule has 2 rings (SSSR count). The van der Waals surface area contributed by atoms with E-state index in [1.807, 2.05) is 19.9 Å². The third kappa shape index (κ3) is 7.11. The van der Waals surface area contributed by atoms with Crippen molar-refractivity contribution in [3.05, 3.63) is 47.0 Å². The molecule has 1 unspecified atom stereocenters. The number of esters is 1. The van der Waals surface area contributed by atoms with Crippen LogP contribution in [0.1, 0.15) is 77.3 Å². The van der Waals surface area contributed by atoms with Crippen LogP contribution in [-0.4, -0.2) is 29.6 Å². The molecule has 1 aliphatic heterocycles. The molecule has 0 aromatic heterocycles. The van der Waals surface area contributed by atoms with E-state index >= 15 is 0 Å². The minimum atomic E-state index is -0.542. The van der Waals surface area contributed by atoms with Gasteiger partial charge in [-0.25, -0.2) is 0 Å². The van der Waals surface area contributed by atoms with Gasteiger partial charge in [0.25, 0.3) is 0 Å². The largest absolute Gasteiger partial charge is 0.457 e. The van der Waals surface area contributed by atoms with E-state index in [0.717, 1.165) is 31.3 Å². The highest BCUT2D eigenvalue weighted by Gasteiger charge is 2.25. The van der Waals surface area contributed by atoms with Crippen LogP contribution < -0.4 is 0 Å². The Hall–Kier alpha value is -1.94. The number of hydrogen-bond donors (Lipinski definition) is 1. The number of carbonyl (C=O) groups excluding carboxylic acids is 2. The number of ketones is 1. The SMILES string of the molecule is CCC(/C=C(/C)[C@@H]1CC(=O)CCC(C)(C)c2cccc(c2)CCCC(=O)O1)CO. The molecule has 0 amide bonds. The lowest BCUT2D eigenvalue weighted by atomic mass is 9.79. The lowest BCUT2D eigenvalue weighted by Gasteiger charge is -2.27. The van der Waals surface area contributed by atoms with Crippen LogP contribution in [0.2, 0.25) is 0 Å². The number of ether oxygens (including phenoxy) is 1. The number of hydrogen-bond acceptors (Lipinski definition) is 4. The van der Waals surface area contributed by atoms with Crippen molar-refractivity contribution in [3.63, 3.8) is 0 Å². The van der Waals surface area contributed by atoms with E-state index in [2.05, 4.69) is 38.1 Å². The van der Waals surface area contributed by atoms with Crippen molar-refractivity contribution in [2.75, 3.05) is 6.61 Å². The third-order valence-electron chi connectivity index (χ3n) is 6.04. The minimum Gasteiger partial charge on any atom is -0.457 e. The minimum absolute atomic E-state index is 0.0147. The summed E-state index contributed by atoms with van der Waals surface area (Å²) in [5, 5.41) is 9.49. The number of aryl methyl sites for hydroxylation is 1. The molecule has 0 saturated carbocycles.